The highest BCUT2D eigenvalue weighted by Gasteiger charge is 2.22. The first-order valence-corrected chi connectivity index (χ1v) is 12.0. The van der Waals surface area contributed by atoms with E-state index in [1.807, 2.05) is 24.3 Å². The van der Waals surface area contributed by atoms with Gasteiger partial charge in [0.2, 0.25) is 0 Å². The van der Waals surface area contributed by atoms with Crippen LogP contribution in [0.5, 0.6) is 0 Å². The number of hydrogen-bond donors (Lipinski definition) is 1. The normalized spacial score (nSPS) is 15.0. The van der Waals surface area contributed by atoms with Crippen molar-refractivity contribution in [2.45, 2.75) is 38.6 Å². The molecule has 1 aliphatic heterocycles. The van der Waals surface area contributed by atoms with Crippen LogP contribution in [0.2, 0.25) is 0 Å². The number of likely N-dealkylation sites (tertiary alicyclic amines) is 1. The summed E-state index contributed by atoms with van der Waals surface area (Å²) in [5, 5.41) is 10.2. The molecule has 1 aliphatic rings. The molecule has 170 valence electrons. The monoisotopic (exact) mass is 447 g/mol. The highest BCUT2D eigenvalue weighted by atomic mass is 16.1. The fourth-order valence-corrected chi connectivity index (χ4v) is 5.05. The Morgan fingerprint density at radius 2 is 1.65 bits per heavy atom. The molecule has 0 aliphatic carbocycles. The van der Waals surface area contributed by atoms with E-state index in [-0.39, 0.29) is 5.56 Å². The lowest BCUT2D eigenvalue weighted by atomic mass is 9.88. The first kappa shape index (κ1) is 22.1. The van der Waals surface area contributed by atoms with E-state index in [0.29, 0.717) is 23.1 Å². The topological polar surface area (TPSA) is 59.9 Å². The molecule has 1 aromatic heterocycles. The molecule has 1 fully saturated rings. The standard InChI is InChI=1S/C30H29N3O/c1-20(2)33-14-12-24(13-15-33)22-6-8-23(9-7-22)25-10-11-29-27(17-25)18-28(30(34)32-29)26-5-3-4-21(16-26)19-31/h3-11,16-18,20,24H,12-15H2,1-2H3,(H,32,34). The summed E-state index contributed by atoms with van der Waals surface area (Å²) in [6.07, 6.45) is 2.44. The van der Waals surface area contributed by atoms with Crippen LogP contribution >= 0.6 is 0 Å². The van der Waals surface area contributed by atoms with Crippen LogP contribution in [0.15, 0.2) is 77.6 Å². The molecule has 0 spiro atoms. The second-order valence-corrected chi connectivity index (χ2v) is 9.53. The van der Waals surface area contributed by atoms with Gasteiger partial charge in [-0.2, -0.15) is 5.26 Å². The third kappa shape index (κ3) is 4.40. The van der Waals surface area contributed by atoms with Gasteiger partial charge in [-0.3, -0.25) is 4.79 Å². The lowest BCUT2D eigenvalue weighted by Crippen LogP contribution is -2.37. The van der Waals surface area contributed by atoms with E-state index in [1.54, 1.807) is 12.1 Å². The summed E-state index contributed by atoms with van der Waals surface area (Å²) >= 11 is 0. The van der Waals surface area contributed by atoms with Crippen LogP contribution < -0.4 is 5.56 Å². The van der Waals surface area contributed by atoms with E-state index in [4.69, 9.17) is 0 Å². The van der Waals surface area contributed by atoms with Crippen LogP contribution in [0.25, 0.3) is 33.2 Å². The van der Waals surface area contributed by atoms with Gasteiger partial charge in [0.05, 0.1) is 11.6 Å². The van der Waals surface area contributed by atoms with E-state index < -0.39 is 0 Å². The molecule has 0 bridgehead atoms. The quantitative estimate of drug-likeness (QED) is 0.398. The number of hydrogen-bond acceptors (Lipinski definition) is 3. The van der Waals surface area contributed by atoms with Crippen molar-refractivity contribution in [3.8, 4) is 28.3 Å². The van der Waals surface area contributed by atoms with Gasteiger partial charge in [-0.25, -0.2) is 0 Å². The predicted octanol–water partition coefficient (Wildman–Crippen LogP) is 6.32. The molecule has 5 rings (SSSR count). The third-order valence-corrected chi connectivity index (χ3v) is 7.12. The molecule has 0 unspecified atom stereocenters. The zero-order valence-electron chi connectivity index (χ0n) is 19.7. The first-order chi connectivity index (χ1) is 16.5. The minimum Gasteiger partial charge on any atom is -0.321 e. The minimum atomic E-state index is -0.150. The Labute approximate surface area is 200 Å². The fourth-order valence-electron chi connectivity index (χ4n) is 5.05. The first-order valence-electron chi connectivity index (χ1n) is 12.0. The Bertz CT molecular complexity index is 1420. The lowest BCUT2D eigenvalue weighted by molar-refractivity contribution is 0.172. The number of nitriles is 1. The number of aromatic amines is 1. The van der Waals surface area contributed by atoms with Crippen molar-refractivity contribution in [1.82, 2.24) is 9.88 Å². The van der Waals surface area contributed by atoms with E-state index in [0.717, 1.165) is 22.0 Å². The zero-order chi connectivity index (χ0) is 23.7. The summed E-state index contributed by atoms with van der Waals surface area (Å²) in [7, 11) is 0. The number of aromatic nitrogens is 1. The molecule has 0 radical (unpaired) electrons. The highest BCUT2D eigenvalue weighted by molar-refractivity contribution is 5.87. The maximum Gasteiger partial charge on any atom is 0.256 e. The molecule has 4 nitrogen and oxygen atoms in total. The number of nitrogens with zero attached hydrogens (tertiary/aromatic N) is 2. The highest BCUT2D eigenvalue weighted by Crippen LogP contribution is 2.31. The summed E-state index contributed by atoms with van der Waals surface area (Å²) in [4.78, 5) is 18.3. The van der Waals surface area contributed by atoms with E-state index in [1.165, 1.54) is 37.1 Å². The van der Waals surface area contributed by atoms with Gasteiger partial charge in [-0.1, -0.05) is 42.5 Å². The van der Waals surface area contributed by atoms with Crippen LogP contribution in [0.1, 0.15) is 43.7 Å². The van der Waals surface area contributed by atoms with Crippen molar-refractivity contribution in [3.63, 3.8) is 0 Å². The zero-order valence-corrected chi connectivity index (χ0v) is 19.7. The van der Waals surface area contributed by atoms with E-state index >= 15 is 0 Å². The summed E-state index contributed by atoms with van der Waals surface area (Å²) in [6.45, 7) is 6.90. The Morgan fingerprint density at radius 1 is 0.912 bits per heavy atom. The molecule has 0 atom stereocenters. The second-order valence-electron chi connectivity index (χ2n) is 9.53. The lowest BCUT2D eigenvalue weighted by Gasteiger charge is -2.34. The van der Waals surface area contributed by atoms with Gasteiger partial charge in [0.1, 0.15) is 0 Å². The Morgan fingerprint density at radius 3 is 2.35 bits per heavy atom. The van der Waals surface area contributed by atoms with Crippen LogP contribution in [0.4, 0.5) is 0 Å². The van der Waals surface area contributed by atoms with Gasteiger partial charge in [-0.05, 0) is 104 Å². The van der Waals surface area contributed by atoms with Gasteiger partial charge >= 0.3 is 0 Å². The molecule has 4 heteroatoms. The summed E-state index contributed by atoms with van der Waals surface area (Å²) in [5.41, 5.74) is 6.25. The van der Waals surface area contributed by atoms with Crippen molar-refractivity contribution >= 4 is 10.9 Å². The van der Waals surface area contributed by atoms with Crippen LogP contribution in [-0.2, 0) is 0 Å². The van der Waals surface area contributed by atoms with Crippen LogP contribution in [0, 0.1) is 11.3 Å². The fraction of sp³-hybridized carbons (Fsp3) is 0.267. The van der Waals surface area contributed by atoms with Gasteiger partial charge in [-0.15, -0.1) is 0 Å². The smallest absolute Gasteiger partial charge is 0.256 e. The van der Waals surface area contributed by atoms with Crippen LogP contribution in [0.3, 0.4) is 0 Å². The molecule has 3 aromatic carbocycles. The average molecular weight is 448 g/mol. The number of piperidine rings is 1. The predicted molar refractivity (Wildman–Crippen MR) is 139 cm³/mol. The molecule has 34 heavy (non-hydrogen) atoms. The summed E-state index contributed by atoms with van der Waals surface area (Å²) in [5.74, 6) is 0.637. The molecule has 1 saturated heterocycles. The molecule has 2 heterocycles. The number of nitrogens with one attached hydrogen (secondary N) is 1. The van der Waals surface area contributed by atoms with Crippen molar-refractivity contribution in [2.75, 3.05) is 13.1 Å². The SMILES string of the molecule is CC(C)N1CCC(c2ccc(-c3ccc4[nH]c(=O)c(-c5cccc(C#N)c5)cc4c3)cc2)CC1. The maximum atomic E-state index is 12.7. The number of H-pyrrole nitrogens is 1. The minimum absolute atomic E-state index is 0.150. The van der Waals surface area contributed by atoms with Gasteiger partial charge < -0.3 is 9.88 Å². The molecule has 0 amide bonds. The van der Waals surface area contributed by atoms with Crippen molar-refractivity contribution in [2.24, 2.45) is 0 Å². The largest absolute Gasteiger partial charge is 0.321 e. The van der Waals surface area contributed by atoms with Crippen molar-refractivity contribution in [3.05, 3.63) is 94.3 Å². The molecular weight excluding hydrogens is 418 g/mol. The number of pyridine rings is 1. The number of rotatable bonds is 4. The molecule has 4 aromatic rings. The Balaban J connectivity index is 1.42. The van der Waals surface area contributed by atoms with E-state index in [2.05, 4.69) is 66.2 Å². The Kier molecular flexibility index (Phi) is 6.04. The average Bonchev–Trinajstić information content (AvgIpc) is 2.88. The summed E-state index contributed by atoms with van der Waals surface area (Å²) in [6, 6.07) is 27.0. The van der Waals surface area contributed by atoms with Gasteiger partial charge in [0, 0.05) is 17.1 Å². The van der Waals surface area contributed by atoms with Crippen molar-refractivity contribution < 1.29 is 0 Å². The Hall–Kier alpha value is -3.68. The van der Waals surface area contributed by atoms with Crippen LogP contribution in [-0.4, -0.2) is 29.0 Å². The van der Waals surface area contributed by atoms with Gasteiger partial charge in [0.25, 0.3) is 5.56 Å². The van der Waals surface area contributed by atoms with Gasteiger partial charge in [0.15, 0.2) is 0 Å². The molecular formula is C30H29N3O. The number of benzene rings is 3. The molecule has 1 N–H and O–H groups in total. The second kappa shape index (κ2) is 9.29. The number of fused-ring (bicyclic) bond motifs is 1. The van der Waals surface area contributed by atoms with Crippen molar-refractivity contribution in [1.29, 1.82) is 5.26 Å². The maximum absolute atomic E-state index is 12.7. The molecule has 0 saturated carbocycles. The van der Waals surface area contributed by atoms with E-state index in [9.17, 15) is 10.1 Å². The summed E-state index contributed by atoms with van der Waals surface area (Å²) < 4.78 is 0. The third-order valence-electron chi connectivity index (χ3n) is 7.12.